The predicted molar refractivity (Wildman–Crippen MR) is 184 cm³/mol. The molecule has 11 atom stereocenters. The number of aliphatic hydroxyl groups is 1. The van der Waals surface area contributed by atoms with E-state index in [0.29, 0.717) is 41.9 Å². The van der Waals surface area contributed by atoms with Crippen LogP contribution in [-0.4, -0.2) is 61.5 Å². The summed E-state index contributed by atoms with van der Waals surface area (Å²) in [5, 5.41) is 17.7. The zero-order valence-electron chi connectivity index (χ0n) is 30.1. The number of carbonyl (C=O) groups is 4. The van der Waals surface area contributed by atoms with Crippen LogP contribution < -0.4 is 10.6 Å². The van der Waals surface area contributed by atoms with E-state index in [1.807, 2.05) is 30.3 Å². The number of aliphatic hydroxyl groups excluding tert-OH is 1. The van der Waals surface area contributed by atoms with Crippen LogP contribution in [0.25, 0.3) is 0 Å². The van der Waals surface area contributed by atoms with Crippen LogP contribution in [0.1, 0.15) is 103 Å². The zero-order chi connectivity index (χ0) is 35.3. The van der Waals surface area contributed by atoms with E-state index < -0.39 is 18.1 Å². The van der Waals surface area contributed by atoms with E-state index in [4.69, 9.17) is 14.2 Å². The number of carbonyl (C=O) groups excluding carboxylic acids is 4. The third kappa shape index (κ3) is 7.94. The quantitative estimate of drug-likeness (QED) is 0.182. The van der Waals surface area contributed by atoms with Gasteiger partial charge < -0.3 is 30.0 Å². The second-order valence-corrected chi connectivity index (χ2v) is 15.9. The molecular formula is C39H58N2O8. The first-order chi connectivity index (χ1) is 23.4. The van der Waals surface area contributed by atoms with Gasteiger partial charge >= 0.3 is 18.0 Å². The lowest BCUT2D eigenvalue weighted by Gasteiger charge is -2.62. The fourth-order valence-corrected chi connectivity index (χ4v) is 10.8. The number of benzene rings is 1. The average molecular weight is 683 g/mol. The van der Waals surface area contributed by atoms with Gasteiger partial charge in [-0.15, -0.1) is 0 Å². The molecule has 272 valence electrons. The molecule has 0 aliphatic heterocycles. The Bertz CT molecular complexity index is 1320. The molecule has 1 unspecified atom stereocenters. The number of rotatable bonds is 12. The molecule has 1 aromatic carbocycles. The first-order valence-electron chi connectivity index (χ1n) is 18.5. The molecule has 10 heteroatoms. The van der Waals surface area contributed by atoms with Gasteiger partial charge in [0, 0.05) is 18.9 Å². The predicted octanol–water partition coefficient (Wildman–Crippen LogP) is 5.94. The van der Waals surface area contributed by atoms with Gasteiger partial charge in [-0.25, -0.2) is 9.59 Å². The number of methoxy groups -OCH3 is 2. The molecule has 10 nitrogen and oxygen atoms in total. The van der Waals surface area contributed by atoms with Crippen molar-refractivity contribution in [3.05, 3.63) is 35.9 Å². The molecule has 1 aromatic rings. The second-order valence-electron chi connectivity index (χ2n) is 15.9. The van der Waals surface area contributed by atoms with Gasteiger partial charge in [-0.1, -0.05) is 51.1 Å². The molecule has 0 saturated heterocycles. The molecule has 49 heavy (non-hydrogen) atoms. The first-order valence-corrected chi connectivity index (χ1v) is 18.5. The van der Waals surface area contributed by atoms with E-state index >= 15 is 0 Å². The summed E-state index contributed by atoms with van der Waals surface area (Å²) in [4.78, 5) is 49.8. The van der Waals surface area contributed by atoms with Crippen LogP contribution in [0.4, 0.5) is 4.79 Å². The van der Waals surface area contributed by atoms with Crippen molar-refractivity contribution in [3.8, 4) is 0 Å². The third-order valence-electron chi connectivity index (χ3n) is 13.6. The van der Waals surface area contributed by atoms with Crippen molar-refractivity contribution in [3.63, 3.8) is 0 Å². The highest BCUT2D eigenvalue weighted by atomic mass is 16.6. The Hall–Kier alpha value is -3.14. The number of nitrogens with one attached hydrogen (secondary N) is 2. The van der Waals surface area contributed by atoms with Crippen molar-refractivity contribution in [2.45, 2.75) is 123 Å². The number of fused-ring (bicyclic) bond motifs is 5. The first kappa shape index (κ1) is 37.1. The number of amides is 2. The van der Waals surface area contributed by atoms with Gasteiger partial charge in [0.1, 0.15) is 12.6 Å². The minimum Gasteiger partial charge on any atom is -0.469 e. The summed E-state index contributed by atoms with van der Waals surface area (Å²) in [7, 11) is 2.70. The van der Waals surface area contributed by atoms with E-state index in [9.17, 15) is 24.3 Å². The lowest BCUT2D eigenvalue weighted by molar-refractivity contribution is -0.170. The second kappa shape index (κ2) is 15.8. The van der Waals surface area contributed by atoms with E-state index in [-0.39, 0.29) is 54.3 Å². The van der Waals surface area contributed by atoms with Crippen LogP contribution in [0.15, 0.2) is 30.3 Å². The lowest BCUT2D eigenvalue weighted by atomic mass is 9.43. The van der Waals surface area contributed by atoms with Crippen LogP contribution in [-0.2, 0) is 35.2 Å². The molecule has 0 aromatic heterocycles. The summed E-state index contributed by atoms with van der Waals surface area (Å²) < 4.78 is 15.0. The van der Waals surface area contributed by atoms with Gasteiger partial charge in [-0.2, -0.15) is 0 Å². The van der Waals surface area contributed by atoms with Crippen molar-refractivity contribution in [2.75, 3.05) is 14.2 Å². The van der Waals surface area contributed by atoms with Crippen molar-refractivity contribution < 1.29 is 38.5 Å². The molecule has 0 heterocycles. The molecule has 2 amide bonds. The Morgan fingerprint density at radius 1 is 0.918 bits per heavy atom. The van der Waals surface area contributed by atoms with E-state index in [0.717, 1.165) is 63.4 Å². The van der Waals surface area contributed by atoms with Crippen molar-refractivity contribution in [1.82, 2.24) is 10.6 Å². The molecule has 5 rings (SSSR count). The molecule has 0 bridgehead atoms. The van der Waals surface area contributed by atoms with Gasteiger partial charge in [0.2, 0.25) is 5.91 Å². The highest BCUT2D eigenvalue weighted by molar-refractivity contribution is 5.83. The van der Waals surface area contributed by atoms with E-state index in [1.54, 1.807) is 0 Å². The van der Waals surface area contributed by atoms with Crippen LogP contribution in [0.2, 0.25) is 0 Å². The maximum Gasteiger partial charge on any atom is 0.408 e. The molecule has 4 aliphatic carbocycles. The molecule has 4 aliphatic rings. The minimum atomic E-state index is -0.988. The molecule has 4 fully saturated rings. The minimum absolute atomic E-state index is 0.0628. The molecule has 0 spiro atoms. The Morgan fingerprint density at radius 3 is 2.39 bits per heavy atom. The fraction of sp³-hybridized carbons (Fsp3) is 0.744. The number of ether oxygens (including phenoxy) is 3. The molecule has 0 radical (unpaired) electrons. The zero-order valence-corrected chi connectivity index (χ0v) is 30.1. The number of esters is 2. The van der Waals surface area contributed by atoms with Gasteiger partial charge in [-0.3, -0.25) is 9.59 Å². The van der Waals surface area contributed by atoms with Gasteiger partial charge in [0.15, 0.2) is 0 Å². The summed E-state index contributed by atoms with van der Waals surface area (Å²) in [6, 6.07) is 8.33. The lowest BCUT2D eigenvalue weighted by Crippen LogP contribution is -2.59. The molecule has 3 N–H and O–H groups in total. The smallest absolute Gasteiger partial charge is 0.408 e. The standard InChI is InChI=1S/C39H58N2O8/c1-24(11-18-35(44)47-4)29-14-15-30-28-13-12-26-21-27(19-20-38(26,2)31(28)22-33(42)39(29,30)3)40-34(43)17-16-32(36(45)48-5)41-37(46)49-23-25-9-7-6-8-10-25/h6-10,24,26-33,42H,11-23H2,1-5H3,(H,40,43)(H,41,46)/t24-,26-,27+,28+,29-,30+,31+,32?,33+,38+,39-/m1/s1. The summed E-state index contributed by atoms with van der Waals surface area (Å²) in [5.41, 5.74) is 0.828. The Balaban J connectivity index is 1.13. The van der Waals surface area contributed by atoms with Crippen LogP contribution in [0.3, 0.4) is 0 Å². The van der Waals surface area contributed by atoms with Crippen molar-refractivity contribution in [1.29, 1.82) is 0 Å². The SMILES string of the molecule is COC(=O)CC[C@@H](C)[C@H]1CC[C@H]2[C@@H]3CC[C@@H]4C[C@@H](NC(=O)CCC(NC(=O)OCc5ccccc5)C(=O)OC)CC[C@]4(C)[C@H]3C[C@H](O)[C@]12C. The van der Waals surface area contributed by atoms with Gasteiger partial charge in [0.05, 0.1) is 20.3 Å². The largest absolute Gasteiger partial charge is 0.469 e. The summed E-state index contributed by atoms with van der Waals surface area (Å²) in [6.07, 6.45) is 8.52. The summed E-state index contributed by atoms with van der Waals surface area (Å²) >= 11 is 0. The van der Waals surface area contributed by atoms with Crippen LogP contribution in [0.5, 0.6) is 0 Å². The normalized spacial score (nSPS) is 34.6. The van der Waals surface area contributed by atoms with Crippen LogP contribution >= 0.6 is 0 Å². The van der Waals surface area contributed by atoms with Gasteiger partial charge in [-0.05, 0) is 116 Å². The van der Waals surface area contributed by atoms with Crippen molar-refractivity contribution in [2.24, 2.45) is 46.3 Å². The molecule has 4 saturated carbocycles. The summed E-state index contributed by atoms with van der Waals surface area (Å²) in [5.74, 6) is 1.88. The third-order valence-corrected chi connectivity index (χ3v) is 13.6. The highest BCUT2D eigenvalue weighted by Crippen LogP contribution is 2.68. The summed E-state index contributed by atoms with van der Waals surface area (Å²) in [6.45, 7) is 7.10. The van der Waals surface area contributed by atoms with Crippen LogP contribution in [0, 0.1) is 46.3 Å². The molecular weight excluding hydrogens is 624 g/mol. The monoisotopic (exact) mass is 682 g/mol. The van der Waals surface area contributed by atoms with E-state index in [2.05, 4.69) is 31.4 Å². The van der Waals surface area contributed by atoms with E-state index in [1.165, 1.54) is 14.2 Å². The maximum absolute atomic E-state index is 13.1. The number of hydrogen-bond acceptors (Lipinski definition) is 8. The topological polar surface area (TPSA) is 140 Å². The Kier molecular flexibility index (Phi) is 12.0. The average Bonchev–Trinajstić information content (AvgIpc) is 3.47. The number of hydrogen-bond donors (Lipinski definition) is 3. The number of alkyl carbamates (subject to hydrolysis) is 1. The highest BCUT2D eigenvalue weighted by Gasteiger charge is 2.63. The van der Waals surface area contributed by atoms with Gasteiger partial charge in [0.25, 0.3) is 0 Å². The Morgan fingerprint density at radius 2 is 1.67 bits per heavy atom. The fourth-order valence-electron chi connectivity index (χ4n) is 10.8. The Labute approximate surface area is 291 Å². The maximum atomic E-state index is 13.1. The van der Waals surface area contributed by atoms with Crippen molar-refractivity contribution >= 4 is 23.9 Å².